The standard InChI is InChI=1S/C17H30N2O/c1-12(4-5-18)19(3)15(20)17-9-13-6-14(10-17)8-16(2,7-13)11-17/h12-14H,4-11,18H2,1-3H3. The Morgan fingerprint density at radius 1 is 1.30 bits per heavy atom. The average Bonchev–Trinajstić information content (AvgIpc) is 2.34. The Kier molecular flexibility index (Phi) is 3.39. The molecule has 4 aliphatic carbocycles. The molecule has 0 heterocycles. The molecule has 4 aliphatic rings. The maximum Gasteiger partial charge on any atom is 0.228 e. The zero-order valence-corrected chi connectivity index (χ0v) is 13.3. The van der Waals surface area contributed by atoms with Gasteiger partial charge in [0.15, 0.2) is 0 Å². The SMILES string of the molecule is CC(CCN)N(C)C(=O)C12CC3CC(CC(C)(C3)C1)C2. The summed E-state index contributed by atoms with van der Waals surface area (Å²) in [5, 5.41) is 0. The molecule has 3 unspecified atom stereocenters. The van der Waals surface area contributed by atoms with E-state index in [0.717, 1.165) is 37.5 Å². The third-order valence-electron chi connectivity index (χ3n) is 6.37. The fourth-order valence-electron chi connectivity index (χ4n) is 5.98. The molecule has 1 amide bonds. The van der Waals surface area contributed by atoms with Crippen LogP contribution in [0.25, 0.3) is 0 Å². The summed E-state index contributed by atoms with van der Waals surface area (Å²) in [6.45, 7) is 5.22. The topological polar surface area (TPSA) is 46.3 Å². The van der Waals surface area contributed by atoms with Crippen LogP contribution in [-0.4, -0.2) is 30.4 Å². The van der Waals surface area contributed by atoms with E-state index in [1.165, 1.54) is 19.3 Å². The highest BCUT2D eigenvalue weighted by Crippen LogP contribution is 2.65. The molecule has 4 rings (SSSR count). The minimum Gasteiger partial charge on any atom is -0.343 e. The quantitative estimate of drug-likeness (QED) is 0.859. The lowest BCUT2D eigenvalue weighted by Gasteiger charge is -2.61. The second kappa shape index (κ2) is 4.72. The molecule has 4 fully saturated rings. The summed E-state index contributed by atoms with van der Waals surface area (Å²) >= 11 is 0. The number of nitrogens with zero attached hydrogens (tertiary/aromatic N) is 1. The van der Waals surface area contributed by atoms with Gasteiger partial charge in [0.25, 0.3) is 0 Å². The lowest BCUT2D eigenvalue weighted by Crippen LogP contribution is -2.58. The third kappa shape index (κ3) is 2.18. The second-order valence-corrected chi connectivity index (χ2v) is 8.39. The van der Waals surface area contributed by atoms with E-state index in [9.17, 15) is 4.79 Å². The van der Waals surface area contributed by atoms with Gasteiger partial charge in [-0.15, -0.1) is 0 Å². The largest absolute Gasteiger partial charge is 0.343 e. The van der Waals surface area contributed by atoms with Crippen molar-refractivity contribution in [3.05, 3.63) is 0 Å². The zero-order valence-electron chi connectivity index (χ0n) is 13.3. The molecule has 4 saturated carbocycles. The van der Waals surface area contributed by atoms with Crippen LogP contribution in [0.3, 0.4) is 0 Å². The second-order valence-electron chi connectivity index (χ2n) is 8.39. The van der Waals surface area contributed by atoms with Gasteiger partial charge in [0.1, 0.15) is 0 Å². The number of hydrogen-bond donors (Lipinski definition) is 1. The molecule has 0 radical (unpaired) electrons. The molecule has 3 nitrogen and oxygen atoms in total. The number of amides is 1. The van der Waals surface area contributed by atoms with Gasteiger partial charge in [-0.1, -0.05) is 6.92 Å². The Bertz CT molecular complexity index is 392. The van der Waals surface area contributed by atoms with Gasteiger partial charge in [0.2, 0.25) is 5.91 Å². The Hall–Kier alpha value is -0.570. The molecule has 3 heteroatoms. The highest BCUT2D eigenvalue weighted by Gasteiger charge is 2.59. The molecule has 0 aromatic rings. The Morgan fingerprint density at radius 2 is 1.90 bits per heavy atom. The summed E-state index contributed by atoms with van der Waals surface area (Å²) < 4.78 is 0. The molecule has 0 aliphatic heterocycles. The van der Waals surface area contributed by atoms with Crippen molar-refractivity contribution >= 4 is 5.91 Å². The van der Waals surface area contributed by atoms with Crippen LogP contribution in [0, 0.1) is 22.7 Å². The molecule has 2 N–H and O–H groups in total. The van der Waals surface area contributed by atoms with Crippen LogP contribution in [0.5, 0.6) is 0 Å². The van der Waals surface area contributed by atoms with E-state index in [1.807, 2.05) is 11.9 Å². The Morgan fingerprint density at radius 3 is 2.40 bits per heavy atom. The van der Waals surface area contributed by atoms with Gasteiger partial charge in [-0.3, -0.25) is 4.79 Å². The van der Waals surface area contributed by atoms with E-state index in [2.05, 4.69) is 13.8 Å². The van der Waals surface area contributed by atoms with Crippen molar-refractivity contribution in [1.82, 2.24) is 4.90 Å². The maximum absolute atomic E-state index is 13.1. The highest BCUT2D eigenvalue weighted by molar-refractivity contribution is 5.83. The molecule has 114 valence electrons. The molecular formula is C17H30N2O. The van der Waals surface area contributed by atoms with Crippen LogP contribution in [0.2, 0.25) is 0 Å². The Balaban J connectivity index is 1.80. The predicted octanol–water partition coefficient (Wildman–Crippen LogP) is 2.79. The van der Waals surface area contributed by atoms with Gasteiger partial charge >= 0.3 is 0 Å². The lowest BCUT2D eigenvalue weighted by molar-refractivity contribution is -0.166. The average molecular weight is 278 g/mol. The van der Waals surface area contributed by atoms with Crippen molar-refractivity contribution in [1.29, 1.82) is 0 Å². The van der Waals surface area contributed by atoms with E-state index in [1.54, 1.807) is 0 Å². The highest BCUT2D eigenvalue weighted by atomic mass is 16.2. The van der Waals surface area contributed by atoms with Gasteiger partial charge < -0.3 is 10.6 Å². The number of hydrogen-bond acceptors (Lipinski definition) is 2. The maximum atomic E-state index is 13.1. The fourth-order valence-corrected chi connectivity index (χ4v) is 5.98. The van der Waals surface area contributed by atoms with E-state index < -0.39 is 0 Å². The predicted molar refractivity (Wildman–Crippen MR) is 81.1 cm³/mol. The van der Waals surface area contributed by atoms with Crippen molar-refractivity contribution < 1.29 is 4.79 Å². The first-order valence-electron chi connectivity index (χ1n) is 8.35. The van der Waals surface area contributed by atoms with E-state index in [-0.39, 0.29) is 11.5 Å². The monoisotopic (exact) mass is 278 g/mol. The molecule has 4 bridgehead atoms. The van der Waals surface area contributed by atoms with Gasteiger partial charge in [-0.25, -0.2) is 0 Å². The number of nitrogens with two attached hydrogens (primary N) is 1. The van der Waals surface area contributed by atoms with Gasteiger partial charge in [0, 0.05) is 13.1 Å². The lowest BCUT2D eigenvalue weighted by atomic mass is 9.44. The van der Waals surface area contributed by atoms with Gasteiger partial charge in [-0.2, -0.15) is 0 Å². The number of rotatable bonds is 4. The molecule has 3 atom stereocenters. The van der Waals surface area contributed by atoms with Crippen LogP contribution < -0.4 is 5.73 Å². The summed E-state index contributed by atoms with van der Waals surface area (Å²) in [5.41, 5.74) is 6.07. The number of carbonyl (C=O) groups excluding carboxylic acids is 1. The molecule has 0 aromatic heterocycles. The molecular weight excluding hydrogens is 248 g/mol. The first-order chi connectivity index (χ1) is 9.37. The first kappa shape index (κ1) is 14.4. The summed E-state index contributed by atoms with van der Waals surface area (Å²) in [6.07, 6.45) is 8.44. The molecule has 0 spiro atoms. The van der Waals surface area contributed by atoms with Crippen molar-refractivity contribution in [2.75, 3.05) is 13.6 Å². The van der Waals surface area contributed by atoms with Crippen molar-refractivity contribution in [2.24, 2.45) is 28.4 Å². The van der Waals surface area contributed by atoms with Gasteiger partial charge in [0.05, 0.1) is 5.41 Å². The summed E-state index contributed by atoms with van der Waals surface area (Å²) in [5.74, 6) is 2.03. The molecule has 0 aromatic carbocycles. The van der Waals surface area contributed by atoms with Crippen molar-refractivity contribution in [3.63, 3.8) is 0 Å². The van der Waals surface area contributed by atoms with Crippen LogP contribution in [0.1, 0.15) is 58.8 Å². The van der Waals surface area contributed by atoms with E-state index in [4.69, 9.17) is 5.73 Å². The minimum atomic E-state index is -0.0313. The summed E-state index contributed by atoms with van der Waals surface area (Å²) in [4.78, 5) is 15.1. The van der Waals surface area contributed by atoms with Crippen LogP contribution in [-0.2, 0) is 4.79 Å². The Labute approximate surface area is 123 Å². The fraction of sp³-hybridized carbons (Fsp3) is 0.941. The first-order valence-corrected chi connectivity index (χ1v) is 8.35. The minimum absolute atomic E-state index is 0.0313. The normalized spacial score (nSPS) is 43.6. The molecule has 20 heavy (non-hydrogen) atoms. The van der Waals surface area contributed by atoms with Crippen molar-refractivity contribution in [2.45, 2.75) is 64.8 Å². The van der Waals surface area contributed by atoms with Crippen LogP contribution >= 0.6 is 0 Å². The van der Waals surface area contributed by atoms with E-state index in [0.29, 0.717) is 17.9 Å². The van der Waals surface area contributed by atoms with Crippen molar-refractivity contribution in [3.8, 4) is 0 Å². The number of carbonyl (C=O) groups is 1. The third-order valence-corrected chi connectivity index (χ3v) is 6.37. The van der Waals surface area contributed by atoms with Gasteiger partial charge in [-0.05, 0) is 75.7 Å². The van der Waals surface area contributed by atoms with Crippen LogP contribution in [0.4, 0.5) is 0 Å². The van der Waals surface area contributed by atoms with Crippen LogP contribution in [0.15, 0.2) is 0 Å². The van der Waals surface area contributed by atoms with E-state index >= 15 is 0 Å². The smallest absolute Gasteiger partial charge is 0.228 e. The summed E-state index contributed by atoms with van der Waals surface area (Å²) in [7, 11) is 1.99. The summed E-state index contributed by atoms with van der Waals surface area (Å²) in [6, 6.07) is 0.272. The zero-order chi connectivity index (χ0) is 14.5. The molecule has 0 saturated heterocycles.